The van der Waals surface area contributed by atoms with E-state index in [1.54, 1.807) is 0 Å². The summed E-state index contributed by atoms with van der Waals surface area (Å²) in [5, 5.41) is 33.6. The minimum absolute atomic E-state index is 0.0323. The zero-order chi connectivity index (χ0) is 24.6. The molecule has 15 heteroatoms. The third-order valence-corrected chi connectivity index (χ3v) is 4.42. The van der Waals surface area contributed by atoms with Gasteiger partial charge in [0.1, 0.15) is 37.2 Å². The molecular formula is C18H23F4N3O8. The topological polar surface area (TPSA) is 159 Å². The number of nitrogens with zero attached hydrogens (tertiary/aromatic N) is 1. The van der Waals surface area contributed by atoms with Crippen LogP contribution in [0.1, 0.15) is 5.69 Å². The molecule has 33 heavy (non-hydrogen) atoms. The summed E-state index contributed by atoms with van der Waals surface area (Å²) in [4.78, 5) is 25.2. The number of pyridine rings is 1. The van der Waals surface area contributed by atoms with Crippen molar-refractivity contribution >= 4 is 17.7 Å². The summed E-state index contributed by atoms with van der Waals surface area (Å²) in [5.74, 6) is -3.59. The number of rotatable bonds is 11. The molecule has 1 aliphatic heterocycles. The van der Waals surface area contributed by atoms with E-state index in [0.29, 0.717) is 12.1 Å². The number of anilines is 1. The molecule has 1 saturated heterocycles. The van der Waals surface area contributed by atoms with E-state index in [-0.39, 0.29) is 33.0 Å². The van der Waals surface area contributed by atoms with E-state index >= 15 is 0 Å². The number of aliphatic hydroxyl groups excluding tert-OH is 2. The first-order chi connectivity index (χ1) is 15.5. The van der Waals surface area contributed by atoms with E-state index in [1.165, 1.54) is 0 Å². The molecule has 2 heterocycles. The Bertz CT molecular complexity index is 813. The van der Waals surface area contributed by atoms with Gasteiger partial charge in [0, 0.05) is 6.54 Å². The van der Waals surface area contributed by atoms with Crippen LogP contribution in [0.2, 0.25) is 0 Å². The highest BCUT2D eigenvalue weighted by atomic mass is 19.4. The molecule has 1 aromatic rings. The molecule has 0 radical (unpaired) electrons. The number of alkyl halides is 3. The Labute approximate surface area is 184 Å². The SMILES string of the molecule is O=C(O)COCCOCC(=O)NC[C@H]1OC[C@H](Nc2nc(C(F)(F)F)ccc2F)[C@@H](O)[C@H]1O. The Hall–Kier alpha value is -2.59. The minimum atomic E-state index is -4.80. The monoisotopic (exact) mass is 485 g/mol. The van der Waals surface area contributed by atoms with E-state index in [0.717, 1.165) is 0 Å². The molecule has 1 amide bonds. The Morgan fingerprint density at radius 1 is 1.15 bits per heavy atom. The van der Waals surface area contributed by atoms with Crippen molar-refractivity contribution < 1.29 is 56.7 Å². The van der Waals surface area contributed by atoms with Gasteiger partial charge in [-0.25, -0.2) is 14.2 Å². The average molecular weight is 485 g/mol. The summed E-state index contributed by atoms with van der Waals surface area (Å²) in [6.07, 6.45) is -8.99. The molecule has 1 fully saturated rings. The second-order valence-electron chi connectivity index (χ2n) is 6.93. The Balaban J connectivity index is 1.78. The van der Waals surface area contributed by atoms with Gasteiger partial charge in [-0.1, -0.05) is 0 Å². The lowest BCUT2D eigenvalue weighted by Crippen LogP contribution is -2.58. The van der Waals surface area contributed by atoms with Crippen molar-refractivity contribution in [3.63, 3.8) is 0 Å². The fourth-order valence-corrected chi connectivity index (χ4v) is 2.77. The second-order valence-corrected chi connectivity index (χ2v) is 6.93. The first kappa shape index (κ1) is 26.7. The van der Waals surface area contributed by atoms with E-state index in [9.17, 15) is 37.4 Å². The van der Waals surface area contributed by atoms with Crippen LogP contribution in [0.15, 0.2) is 12.1 Å². The molecule has 0 aliphatic carbocycles. The van der Waals surface area contributed by atoms with Crippen LogP contribution in [0.4, 0.5) is 23.4 Å². The van der Waals surface area contributed by atoms with Gasteiger partial charge in [-0.15, -0.1) is 0 Å². The van der Waals surface area contributed by atoms with Crippen LogP contribution in [-0.4, -0.2) is 96.1 Å². The first-order valence-corrected chi connectivity index (χ1v) is 9.61. The molecule has 1 aliphatic rings. The normalized spacial score (nSPS) is 23.2. The van der Waals surface area contributed by atoms with Gasteiger partial charge in [-0.2, -0.15) is 13.2 Å². The van der Waals surface area contributed by atoms with Crippen LogP contribution in [0.5, 0.6) is 0 Å². The predicted molar refractivity (Wildman–Crippen MR) is 101 cm³/mol. The zero-order valence-corrected chi connectivity index (χ0v) is 17.0. The number of carboxylic acid groups (broad SMARTS) is 1. The number of aliphatic hydroxyl groups is 2. The quantitative estimate of drug-likeness (QED) is 0.202. The first-order valence-electron chi connectivity index (χ1n) is 9.61. The Morgan fingerprint density at radius 2 is 1.82 bits per heavy atom. The Kier molecular flexibility index (Phi) is 9.72. The molecule has 0 bridgehead atoms. The summed E-state index contributed by atoms with van der Waals surface area (Å²) < 4.78 is 67.2. The highest BCUT2D eigenvalue weighted by Gasteiger charge is 2.39. The molecule has 1 aromatic heterocycles. The maximum atomic E-state index is 13.9. The molecule has 0 aromatic carbocycles. The highest BCUT2D eigenvalue weighted by molar-refractivity contribution is 5.77. The van der Waals surface area contributed by atoms with E-state index in [1.807, 2.05) is 0 Å². The van der Waals surface area contributed by atoms with Crippen LogP contribution in [0, 0.1) is 5.82 Å². The standard InChI is InChI=1S/C18H23F4N3O8/c19-9-1-2-12(18(20,21)22)25-17(9)24-10-6-33-11(16(30)15(10)29)5-23-13(26)7-31-3-4-32-8-14(27)28/h1-2,10-11,15-16,29-30H,3-8H2,(H,23,26)(H,24,25)(H,27,28)/t10-,11+,15+,16-/m0/s1. The van der Waals surface area contributed by atoms with Crippen molar-refractivity contribution in [2.45, 2.75) is 30.5 Å². The Morgan fingerprint density at radius 3 is 2.45 bits per heavy atom. The van der Waals surface area contributed by atoms with Crippen LogP contribution in [0.3, 0.4) is 0 Å². The summed E-state index contributed by atoms with van der Waals surface area (Å²) in [6.45, 7) is -1.50. The van der Waals surface area contributed by atoms with Crippen LogP contribution >= 0.6 is 0 Å². The molecule has 4 atom stereocenters. The number of aromatic nitrogens is 1. The molecule has 0 saturated carbocycles. The number of carbonyl (C=O) groups is 2. The van der Waals surface area contributed by atoms with Crippen molar-refractivity contribution in [2.75, 3.05) is 44.9 Å². The van der Waals surface area contributed by atoms with E-state index < -0.39 is 66.3 Å². The van der Waals surface area contributed by atoms with Gasteiger partial charge in [0.15, 0.2) is 11.6 Å². The van der Waals surface area contributed by atoms with Gasteiger partial charge in [0.05, 0.1) is 25.9 Å². The number of hydrogen-bond acceptors (Lipinski definition) is 9. The second kappa shape index (κ2) is 12.0. The lowest BCUT2D eigenvalue weighted by Gasteiger charge is -2.38. The van der Waals surface area contributed by atoms with Gasteiger partial charge < -0.3 is 40.2 Å². The van der Waals surface area contributed by atoms with Gasteiger partial charge in [0.25, 0.3) is 0 Å². The van der Waals surface area contributed by atoms with Crippen molar-refractivity contribution in [3.05, 3.63) is 23.6 Å². The van der Waals surface area contributed by atoms with E-state index in [2.05, 4.69) is 15.6 Å². The zero-order valence-electron chi connectivity index (χ0n) is 17.0. The van der Waals surface area contributed by atoms with Crippen molar-refractivity contribution in [3.8, 4) is 0 Å². The van der Waals surface area contributed by atoms with Gasteiger partial charge >= 0.3 is 12.1 Å². The summed E-state index contributed by atoms with van der Waals surface area (Å²) in [7, 11) is 0. The summed E-state index contributed by atoms with van der Waals surface area (Å²) >= 11 is 0. The van der Waals surface area contributed by atoms with E-state index in [4.69, 9.17) is 19.3 Å². The number of carbonyl (C=O) groups excluding carboxylic acids is 1. The number of hydrogen-bond donors (Lipinski definition) is 5. The maximum absolute atomic E-state index is 13.9. The third-order valence-electron chi connectivity index (χ3n) is 4.42. The molecule has 5 N–H and O–H groups in total. The maximum Gasteiger partial charge on any atom is 0.433 e. The molecule has 2 rings (SSSR count). The predicted octanol–water partition coefficient (Wildman–Crippen LogP) is -0.625. The smallest absolute Gasteiger partial charge is 0.433 e. The number of amides is 1. The fraction of sp³-hybridized carbons (Fsp3) is 0.611. The fourth-order valence-electron chi connectivity index (χ4n) is 2.77. The average Bonchev–Trinajstić information content (AvgIpc) is 2.73. The molecule has 0 unspecified atom stereocenters. The third kappa shape index (κ3) is 8.36. The molecule has 186 valence electrons. The lowest BCUT2D eigenvalue weighted by atomic mass is 9.98. The van der Waals surface area contributed by atoms with Gasteiger partial charge in [-0.05, 0) is 12.1 Å². The number of halogens is 4. The van der Waals surface area contributed by atoms with Crippen molar-refractivity contribution in [2.24, 2.45) is 0 Å². The number of nitrogens with one attached hydrogen (secondary N) is 2. The van der Waals surface area contributed by atoms with Crippen LogP contribution < -0.4 is 10.6 Å². The van der Waals surface area contributed by atoms with Crippen LogP contribution in [-0.2, 0) is 30.0 Å². The molecule has 0 spiro atoms. The summed E-state index contributed by atoms with van der Waals surface area (Å²) in [5.41, 5.74) is -1.34. The largest absolute Gasteiger partial charge is 0.480 e. The van der Waals surface area contributed by atoms with Crippen LogP contribution in [0.25, 0.3) is 0 Å². The summed E-state index contributed by atoms with van der Waals surface area (Å²) in [6, 6.07) is -0.135. The molecule has 11 nitrogen and oxygen atoms in total. The lowest BCUT2D eigenvalue weighted by molar-refractivity contribution is -0.145. The van der Waals surface area contributed by atoms with Gasteiger partial charge in [-0.3, -0.25) is 4.79 Å². The van der Waals surface area contributed by atoms with Crippen molar-refractivity contribution in [1.82, 2.24) is 10.3 Å². The number of aliphatic carboxylic acids is 1. The van der Waals surface area contributed by atoms with Crippen molar-refractivity contribution in [1.29, 1.82) is 0 Å². The van der Waals surface area contributed by atoms with Gasteiger partial charge in [0.2, 0.25) is 5.91 Å². The molecular weight excluding hydrogens is 462 g/mol. The number of ether oxygens (including phenoxy) is 3. The highest BCUT2D eigenvalue weighted by Crippen LogP contribution is 2.29. The number of carboxylic acids is 1. The minimum Gasteiger partial charge on any atom is -0.480 e.